The van der Waals surface area contributed by atoms with Gasteiger partial charge in [-0.05, 0) is 115 Å². The summed E-state index contributed by atoms with van der Waals surface area (Å²) in [5.74, 6) is -0.123. The lowest BCUT2D eigenvalue weighted by atomic mass is 9.33. The molecule has 46 heavy (non-hydrogen) atoms. The first-order valence-electron chi connectivity index (χ1n) is 17.7. The van der Waals surface area contributed by atoms with Crippen LogP contribution in [0.25, 0.3) is 0 Å². The molecule has 0 bridgehead atoms. The highest BCUT2D eigenvalue weighted by Gasteiger charge is 2.70. The van der Waals surface area contributed by atoms with Gasteiger partial charge in [-0.2, -0.15) is 0 Å². The number of aliphatic carboxylic acids is 1. The summed E-state index contributed by atoms with van der Waals surface area (Å²) in [6.07, 6.45) is 2.65. The lowest BCUT2D eigenvalue weighted by molar-refractivity contribution is -0.308. The lowest BCUT2D eigenvalue weighted by Crippen LogP contribution is -2.67. The van der Waals surface area contributed by atoms with Gasteiger partial charge >= 0.3 is 5.97 Å². The average molecular weight is 647 g/mol. The standard InChI is InChI=1S/C37H58O9/c1-32(2)14-16-37(31(43)44)17-15-35(6)20(22(37)18-32)8-9-24-34(5)12-10-21(33(3,4)23(34)11-13-36(24,35)7)25(39)29-27(41)26(40)28(42)30(46-29)45-19-38/h8,19,21-30,39-42H,9-18H2,1-7H3,(H,43,44)/t21-,22?,23?,24?,25+,26?,27+,28+,29+,30?,34+,35-,36-,37+/m1/s1. The zero-order valence-electron chi connectivity index (χ0n) is 28.9. The third-order valence-corrected chi connectivity index (χ3v) is 15.7. The van der Waals surface area contributed by atoms with E-state index in [1.165, 1.54) is 5.57 Å². The number of aliphatic hydroxyl groups excluding tert-OH is 4. The topological polar surface area (TPSA) is 154 Å². The highest BCUT2D eigenvalue weighted by atomic mass is 16.7. The summed E-state index contributed by atoms with van der Waals surface area (Å²) in [7, 11) is 0. The van der Waals surface area contributed by atoms with Crippen LogP contribution in [0.4, 0.5) is 0 Å². The van der Waals surface area contributed by atoms with Gasteiger partial charge in [-0.25, -0.2) is 0 Å². The van der Waals surface area contributed by atoms with E-state index in [1.54, 1.807) is 0 Å². The van der Waals surface area contributed by atoms with Gasteiger partial charge < -0.3 is 35.0 Å². The molecule has 5 aliphatic carbocycles. The molecule has 0 amide bonds. The number of hydrogen-bond acceptors (Lipinski definition) is 8. The molecule has 260 valence electrons. The molecule has 0 spiro atoms. The van der Waals surface area contributed by atoms with E-state index >= 15 is 0 Å². The second-order valence-electron chi connectivity index (χ2n) is 18.3. The van der Waals surface area contributed by atoms with Crippen LogP contribution in [0, 0.1) is 56.2 Å². The van der Waals surface area contributed by atoms with Crippen molar-refractivity contribution in [2.45, 2.75) is 149 Å². The molecular weight excluding hydrogens is 588 g/mol. The Morgan fingerprint density at radius 1 is 0.913 bits per heavy atom. The Bertz CT molecular complexity index is 1260. The summed E-state index contributed by atoms with van der Waals surface area (Å²) in [4.78, 5) is 24.0. The van der Waals surface area contributed by atoms with Gasteiger partial charge in [0, 0.05) is 0 Å². The van der Waals surface area contributed by atoms with Crippen LogP contribution >= 0.6 is 0 Å². The number of hydrogen-bond donors (Lipinski definition) is 5. The van der Waals surface area contributed by atoms with E-state index in [1.807, 2.05) is 0 Å². The number of carboxylic acid groups (broad SMARTS) is 1. The number of rotatable bonds is 5. The lowest BCUT2D eigenvalue weighted by Gasteiger charge is -2.71. The van der Waals surface area contributed by atoms with Crippen molar-refractivity contribution in [3.05, 3.63) is 11.6 Å². The normalized spacial score (nSPS) is 51.6. The van der Waals surface area contributed by atoms with Crippen LogP contribution < -0.4 is 0 Å². The van der Waals surface area contributed by atoms with E-state index in [-0.39, 0.29) is 51.3 Å². The van der Waals surface area contributed by atoms with Crippen molar-refractivity contribution >= 4 is 12.4 Å². The van der Waals surface area contributed by atoms with Crippen molar-refractivity contribution < 1.29 is 44.6 Å². The smallest absolute Gasteiger partial charge is 0.310 e. The molecule has 6 aliphatic rings. The van der Waals surface area contributed by atoms with Gasteiger partial charge in [0.15, 0.2) is 0 Å². The molecule has 5 N–H and O–H groups in total. The van der Waals surface area contributed by atoms with Crippen molar-refractivity contribution in [2.75, 3.05) is 0 Å². The van der Waals surface area contributed by atoms with E-state index in [0.717, 1.165) is 57.8 Å². The largest absolute Gasteiger partial charge is 0.481 e. The number of allylic oxidation sites excluding steroid dienone is 2. The fourth-order valence-electron chi connectivity index (χ4n) is 12.8. The molecule has 0 radical (unpaired) electrons. The minimum atomic E-state index is -1.63. The highest BCUT2D eigenvalue weighted by molar-refractivity contribution is 5.76. The van der Waals surface area contributed by atoms with Gasteiger partial charge in [-0.15, -0.1) is 0 Å². The molecule has 1 aliphatic heterocycles. The fourth-order valence-corrected chi connectivity index (χ4v) is 12.8. The molecule has 1 saturated heterocycles. The summed E-state index contributed by atoms with van der Waals surface area (Å²) in [6.45, 7) is 16.5. The van der Waals surface area contributed by atoms with Crippen molar-refractivity contribution in [3.63, 3.8) is 0 Å². The van der Waals surface area contributed by atoms with Gasteiger partial charge in [-0.3, -0.25) is 9.59 Å². The van der Waals surface area contributed by atoms with E-state index < -0.39 is 48.2 Å². The molecule has 0 aromatic carbocycles. The van der Waals surface area contributed by atoms with Gasteiger partial charge in [0.2, 0.25) is 6.29 Å². The van der Waals surface area contributed by atoms with Crippen LogP contribution in [-0.4, -0.2) is 74.8 Å². The summed E-state index contributed by atoms with van der Waals surface area (Å²) in [5.41, 5.74) is 0.445. The molecule has 4 saturated carbocycles. The monoisotopic (exact) mass is 646 g/mol. The van der Waals surface area contributed by atoms with Crippen LogP contribution in [0.15, 0.2) is 11.6 Å². The Hall–Kier alpha value is -1.52. The van der Waals surface area contributed by atoms with Gasteiger partial charge in [-0.1, -0.05) is 60.1 Å². The fraction of sp³-hybridized carbons (Fsp3) is 0.892. The minimum absolute atomic E-state index is 0.0123. The Morgan fingerprint density at radius 3 is 2.24 bits per heavy atom. The van der Waals surface area contributed by atoms with Crippen molar-refractivity contribution in [3.8, 4) is 0 Å². The maximum Gasteiger partial charge on any atom is 0.310 e. The van der Waals surface area contributed by atoms with E-state index in [0.29, 0.717) is 12.3 Å². The van der Waals surface area contributed by atoms with Crippen molar-refractivity contribution in [1.29, 1.82) is 0 Å². The second-order valence-corrected chi connectivity index (χ2v) is 18.3. The Morgan fingerprint density at radius 2 is 1.59 bits per heavy atom. The number of ether oxygens (including phenoxy) is 2. The Kier molecular flexibility index (Phi) is 8.21. The van der Waals surface area contributed by atoms with Gasteiger partial charge in [0.1, 0.15) is 24.4 Å². The average Bonchev–Trinajstić information content (AvgIpc) is 2.97. The third kappa shape index (κ3) is 4.57. The summed E-state index contributed by atoms with van der Waals surface area (Å²) >= 11 is 0. The molecule has 0 aromatic rings. The first-order chi connectivity index (χ1) is 21.3. The molecule has 9 nitrogen and oxygen atoms in total. The minimum Gasteiger partial charge on any atom is -0.481 e. The van der Waals surface area contributed by atoms with E-state index in [9.17, 15) is 35.1 Å². The van der Waals surface area contributed by atoms with Crippen LogP contribution in [-0.2, 0) is 19.1 Å². The van der Waals surface area contributed by atoms with Crippen LogP contribution in [0.3, 0.4) is 0 Å². The summed E-state index contributed by atoms with van der Waals surface area (Å²) < 4.78 is 10.6. The number of carboxylic acids is 1. The molecule has 14 atom stereocenters. The first-order valence-corrected chi connectivity index (χ1v) is 17.7. The summed E-state index contributed by atoms with van der Waals surface area (Å²) in [6, 6.07) is 0. The Balaban J connectivity index is 1.30. The molecule has 5 fully saturated rings. The molecule has 9 heteroatoms. The number of carbonyl (C=O) groups excluding carboxylic acids is 1. The molecule has 6 rings (SSSR count). The maximum atomic E-state index is 13.0. The van der Waals surface area contributed by atoms with Crippen LogP contribution in [0.1, 0.15) is 113 Å². The molecular formula is C37H58O9. The zero-order valence-corrected chi connectivity index (χ0v) is 28.9. The van der Waals surface area contributed by atoms with Gasteiger partial charge in [0.25, 0.3) is 6.47 Å². The summed E-state index contributed by atoms with van der Waals surface area (Å²) in [5, 5.41) is 54.1. The predicted molar refractivity (Wildman–Crippen MR) is 170 cm³/mol. The van der Waals surface area contributed by atoms with Crippen LogP contribution in [0.2, 0.25) is 0 Å². The highest BCUT2D eigenvalue weighted by Crippen LogP contribution is 2.76. The molecule has 1 heterocycles. The van der Waals surface area contributed by atoms with Crippen molar-refractivity contribution in [2.24, 2.45) is 56.2 Å². The Labute approximate surface area is 274 Å². The molecule has 5 unspecified atom stereocenters. The van der Waals surface area contributed by atoms with Crippen molar-refractivity contribution in [1.82, 2.24) is 0 Å². The number of aliphatic hydroxyl groups is 4. The maximum absolute atomic E-state index is 13.0. The van der Waals surface area contributed by atoms with Crippen LogP contribution in [0.5, 0.6) is 0 Å². The SMILES string of the molecule is CC1(C)CC[C@]2(C(=O)O)CC[C@]3(C)C(=CCC4[C@@]5(C)CC[C@H]([C@H](O)[C@@H]6OC(OC=O)[C@@H](O)C(O)[C@@H]6O)C(C)(C)C5CC[C@]43C)C2C1. The predicted octanol–water partition coefficient (Wildman–Crippen LogP) is 4.83. The number of fused-ring (bicyclic) bond motifs is 7. The molecule has 0 aromatic heterocycles. The number of carbonyl (C=O) groups is 2. The third-order valence-electron chi connectivity index (χ3n) is 15.7. The van der Waals surface area contributed by atoms with E-state index in [2.05, 4.69) is 54.5 Å². The zero-order chi connectivity index (χ0) is 33.8. The van der Waals surface area contributed by atoms with E-state index in [4.69, 9.17) is 9.47 Å². The quantitative estimate of drug-likeness (QED) is 0.209. The van der Waals surface area contributed by atoms with Gasteiger partial charge in [0.05, 0.1) is 11.5 Å². The second kappa shape index (κ2) is 11.0. The first kappa shape index (κ1) is 34.3.